The van der Waals surface area contributed by atoms with Crippen LogP contribution in [0.2, 0.25) is 0 Å². The molecule has 1 aliphatic rings. The highest BCUT2D eigenvalue weighted by Gasteiger charge is 2.24. The molecule has 0 bridgehead atoms. The Balaban J connectivity index is 2.30. The second-order valence-electron chi connectivity index (χ2n) is 4.84. The van der Waals surface area contributed by atoms with E-state index < -0.39 is 9.84 Å². The lowest BCUT2D eigenvalue weighted by Crippen LogP contribution is -2.46. The van der Waals surface area contributed by atoms with Gasteiger partial charge in [-0.3, -0.25) is 0 Å². The van der Waals surface area contributed by atoms with Gasteiger partial charge >= 0.3 is 0 Å². The second-order valence-corrected chi connectivity index (χ2v) is 7.98. The summed E-state index contributed by atoms with van der Waals surface area (Å²) in [6.45, 7) is 3.77. The summed E-state index contributed by atoms with van der Waals surface area (Å²) in [5, 5.41) is 3.29. The van der Waals surface area contributed by atoms with E-state index in [-0.39, 0.29) is 6.04 Å². The van der Waals surface area contributed by atoms with Gasteiger partial charge in [0.1, 0.15) is 0 Å². The first-order valence-electron chi connectivity index (χ1n) is 6.07. The van der Waals surface area contributed by atoms with E-state index in [1.165, 1.54) is 0 Å². The van der Waals surface area contributed by atoms with Crippen LogP contribution in [0.1, 0.15) is 13.3 Å². The first-order valence-corrected chi connectivity index (χ1v) is 9.29. The van der Waals surface area contributed by atoms with Crippen LogP contribution >= 0.6 is 11.8 Å². The third-order valence-electron chi connectivity index (χ3n) is 3.29. The number of hydrogen-bond donors (Lipinski definition) is 1. The number of nitrogens with one attached hydrogen (secondary N) is 1. The molecule has 0 saturated carbocycles. The minimum Gasteiger partial charge on any atom is -0.312 e. The van der Waals surface area contributed by atoms with E-state index in [4.69, 9.17) is 0 Å². The van der Waals surface area contributed by atoms with Crippen LogP contribution in [0.5, 0.6) is 0 Å². The predicted molar refractivity (Wildman–Crippen MR) is 75.5 cm³/mol. The van der Waals surface area contributed by atoms with Crippen LogP contribution in [0.25, 0.3) is 0 Å². The Bertz CT molecular complexity index is 319. The zero-order valence-electron chi connectivity index (χ0n) is 11.0. The molecule has 1 aliphatic heterocycles. The molecule has 6 heteroatoms. The highest BCUT2D eigenvalue weighted by atomic mass is 32.2. The molecule has 0 radical (unpaired) electrons. The molecule has 1 fully saturated rings. The Morgan fingerprint density at radius 2 is 2.24 bits per heavy atom. The fraction of sp³-hybridized carbons (Fsp3) is 1.00. The number of nitrogens with zero attached hydrogens (tertiary/aromatic N) is 1. The summed E-state index contributed by atoms with van der Waals surface area (Å²) in [4.78, 5) is 2.30. The molecule has 0 aromatic heterocycles. The molecule has 4 nitrogen and oxygen atoms in total. The van der Waals surface area contributed by atoms with E-state index in [9.17, 15) is 8.42 Å². The van der Waals surface area contributed by atoms with Gasteiger partial charge in [0.15, 0.2) is 9.84 Å². The largest absolute Gasteiger partial charge is 0.312 e. The summed E-state index contributed by atoms with van der Waals surface area (Å²) in [7, 11) is -0.686. The maximum absolute atomic E-state index is 11.5. The van der Waals surface area contributed by atoms with Crippen LogP contribution in [-0.2, 0) is 9.84 Å². The van der Waals surface area contributed by atoms with Crippen molar-refractivity contribution < 1.29 is 8.42 Å². The lowest BCUT2D eigenvalue weighted by molar-refractivity contribution is 0.262. The molecule has 1 rings (SSSR count). The third kappa shape index (κ3) is 5.59. The highest BCUT2D eigenvalue weighted by Crippen LogP contribution is 2.08. The minimum absolute atomic E-state index is 0.137. The van der Waals surface area contributed by atoms with Crippen molar-refractivity contribution in [3.63, 3.8) is 0 Å². The van der Waals surface area contributed by atoms with E-state index in [1.807, 2.05) is 11.8 Å². The Kier molecular flexibility index (Phi) is 6.26. The number of rotatable bonds is 6. The van der Waals surface area contributed by atoms with Crippen molar-refractivity contribution in [1.29, 1.82) is 0 Å². The summed E-state index contributed by atoms with van der Waals surface area (Å²) >= 11 is 1.85. The van der Waals surface area contributed by atoms with E-state index in [2.05, 4.69) is 30.4 Å². The fourth-order valence-corrected chi connectivity index (χ4v) is 4.23. The van der Waals surface area contributed by atoms with Crippen LogP contribution in [0.15, 0.2) is 0 Å². The van der Waals surface area contributed by atoms with Gasteiger partial charge in [0, 0.05) is 24.4 Å². The van der Waals surface area contributed by atoms with Crippen LogP contribution in [0, 0.1) is 0 Å². The normalized spacial score (nSPS) is 26.0. The number of sulfone groups is 1. The molecule has 0 spiro atoms. The fourth-order valence-electron chi connectivity index (χ4n) is 2.00. The molecule has 0 aromatic carbocycles. The van der Waals surface area contributed by atoms with Crippen molar-refractivity contribution in [2.45, 2.75) is 25.4 Å². The van der Waals surface area contributed by atoms with Gasteiger partial charge in [-0.1, -0.05) is 0 Å². The molecule has 17 heavy (non-hydrogen) atoms. The van der Waals surface area contributed by atoms with Crippen molar-refractivity contribution in [3.05, 3.63) is 0 Å². The third-order valence-corrected chi connectivity index (χ3v) is 5.84. The first kappa shape index (κ1) is 15.3. The highest BCUT2D eigenvalue weighted by molar-refractivity contribution is 7.98. The van der Waals surface area contributed by atoms with Crippen molar-refractivity contribution in [3.8, 4) is 0 Å². The van der Waals surface area contributed by atoms with Gasteiger partial charge in [-0.2, -0.15) is 11.8 Å². The van der Waals surface area contributed by atoms with Gasteiger partial charge < -0.3 is 10.2 Å². The summed E-state index contributed by atoms with van der Waals surface area (Å²) in [5.41, 5.74) is 0. The SMILES string of the molecule is CSCC(C)N(C)CCC1CS(=O)(=O)CCN1. The van der Waals surface area contributed by atoms with E-state index in [0.29, 0.717) is 24.1 Å². The zero-order chi connectivity index (χ0) is 12.9. The Hall–Kier alpha value is 0.220. The summed E-state index contributed by atoms with van der Waals surface area (Å²) in [5.74, 6) is 1.72. The van der Waals surface area contributed by atoms with Gasteiger partial charge in [0.25, 0.3) is 0 Å². The van der Waals surface area contributed by atoms with Gasteiger partial charge in [-0.05, 0) is 33.2 Å². The molecule has 2 atom stereocenters. The Labute approximate surface area is 109 Å². The van der Waals surface area contributed by atoms with E-state index in [0.717, 1.165) is 18.7 Å². The Morgan fingerprint density at radius 3 is 2.82 bits per heavy atom. The van der Waals surface area contributed by atoms with Gasteiger partial charge in [-0.25, -0.2) is 8.42 Å². The zero-order valence-corrected chi connectivity index (χ0v) is 12.6. The summed E-state index contributed by atoms with van der Waals surface area (Å²) in [6.07, 6.45) is 3.02. The predicted octanol–water partition coefficient (Wildman–Crippen LogP) is 0.446. The number of hydrogen-bond acceptors (Lipinski definition) is 5. The standard InChI is InChI=1S/C11H24N2O2S2/c1-10(8-16-3)13(2)6-4-11-9-17(14,15)7-5-12-11/h10-12H,4-9H2,1-3H3. The minimum atomic E-state index is -2.80. The molecule has 1 heterocycles. The summed E-state index contributed by atoms with van der Waals surface area (Å²) < 4.78 is 23.0. The smallest absolute Gasteiger partial charge is 0.153 e. The molecular weight excluding hydrogens is 256 g/mol. The van der Waals surface area contributed by atoms with Crippen LogP contribution in [0.4, 0.5) is 0 Å². The van der Waals surface area contributed by atoms with Crippen LogP contribution in [0.3, 0.4) is 0 Å². The second kappa shape index (κ2) is 6.97. The quantitative estimate of drug-likeness (QED) is 0.765. The lowest BCUT2D eigenvalue weighted by atomic mass is 10.2. The lowest BCUT2D eigenvalue weighted by Gasteiger charge is -2.28. The van der Waals surface area contributed by atoms with Gasteiger partial charge in [0.05, 0.1) is 11.5 Å². The molecule has 0 amide bonds. The topological polar surface area (TPSA) is 49.4 Å². The van der Waals surface area contributed by atoms with Crippen molar-refractivity contribution in [2.24, 2.45) is 0 Å². The van der Waals surface area contributed by atoms with E-state index >= 15 is 0 Å². The molecule has 0 aromatic rings. The van der Waals surface area contributed by atoms with Gasteiger partial charge in [-0.15, -0.1) is 0 Å². The molecule has 0 aliphatic carbocycles. The Morgan fingerprint density at radius 1 is 1.53 bits per heavy atom. The maximum Gasteiger partial charge on any atom is 0.153 e. The average molecular weight is 280 g/mol. The maximum atomic E-state index is 11.5. The molecule has 102 valence electrons. The monoisotopic (exact) mass is 280 g/mol. The first-order chi connectivity index (χ1) is 7.94. The number of thioether (sulfide) groups is 1. The van der Waals surface area contributed by atoms with Crippen molar-refractivity contribution in [2.75, 3.05) is 43.7 Å². The average Bonchev–Trinajstić information content (AvgIpc) is 2.25. The van der Waals surface area contributed by atoms with Crippen LogP contribution in [-0.4, -0.2) is 69.1 Å². The molecule has 1 N–H and O–H groups in total. The van der Waals surface area contributed by atoms with Crippen LogP contribution < -0.4 is 5.32 Å². The summed E-state index contributed by atoms with van der Waals surface area (Å²) in [6, 6.07) is 0.683. The van der Waals surface area contributed by atoms with Gasteiger partial charge in [0.2, 0.25) is 0 Å². The van der Waals surface area contributed by atoms with Crippen molar-refractivity contribution >= 4 is 21.6 Å². The van der Waals surface area contributed by atoms with E-state index in [1.54, 1.807) is 0 Å². The molecule has 2 unspecified atom stereocenters. The van der Waals surface area contributed by atoms with Crippen molar-refractivity contribution in [1.82, 2.24) is 10.2 Å². The molecule has 1 saturated heterocycles. The molecular formula is C11H24N2O2S2.